The second-order valence-electron chi connectivity index (χ2n) is 5.96. The van der Waals surface area contributed by atoms with Gasteiger partial charge in [-0.15, -0.1) is 0 Å². The molecule has 0 aliphatic heterocycles. The smallest absolute Gasteiger partial charge is 0.240 e. The van der Waals surface area contributed by atoms with Gasteiger partial charge in [0.2, 0.25) is 10.0 Å². The molecule has 23 heavy (non-hydrogen) atoms. The molecule has 1 aromatic rings. The molecule has 0 bridgehead atoms. The largest absolute Gasteiger partial charge is 0.490 e. The Hall–Kier alpha value is -1.27. The van der Waals surface area contributed by atoms with E-state index in [2.05, 4.69) is 11.6 Å². The zero-order chi connectivity index (χ0) is 16.9. The van der Waals surface area contributed by atoms with Crippen LogP contribution >= 0.6 is 0 Å². The average Bonchev–Trinajstić information content (AvgIpc) is 2.51. The summed E-state index contributed by atoms with van der Waals surface area (Å²) in [6, 6.07) is 4.79. The lowest BCUT2D eigenvalue weighted by Crippen LogP contribution is -2.40. The van der Waals surface area contributed by atoms with Gasteiger partial charge in [0.05, 0.1) is 18.1 Å². The van der Waals surface area contributed by atoms with Gasteiger partial charge in [-0.05, 0) is 44.7 Å². The van der Waals surface area contributed by atoms with E-state index < -0.39 is 10.0 Å². The molecule has 2 rings (SSSR count). The van der Waals surface area contributed by atoms with Crippen molar-refractivity contribution in [3.05, 3.63) is 18.2 Å². The normalized spacial score (nSPS) is 21.9. The maximum Gasteiger partial charge on any atom is 0.240 e. The predicted molar refractivity (Wildman–Crippen MR) is 90.5 cm³/mol. The summed E-state index contributed by atoms with van der Waals surface area (Å²) in [4.78, 5) is 0.224. The van der Waals surface area contributed by atoms with Crippen LogP contribution in [-0.2, 0) is 10.0 Å². The Morgan fingerprint density at radius 2 is 1.74 bits per heavy atom. The lowest BCUT2D eigenvalue weighted by atomic mass is 9.87. The van der Waals surface area contributed by atoms with E-state index in [1.165, 1.54) is 6.42 Å². The molecule has 1 aliphatic rings. The summed E-state index contributed by atoms with van der Waals surface area (Å²) in [5.41, 5.74) is 0. The summed E-state index contributed by atoms with van der Waals surface area (Å²) < 4.78 is 39.2. The fourth-order valence-corrected chi connectivity index (χ4v) is 4.35. The molecular weight excluding hydrogens is 314 g/mol. The van der Waals surface area contributed by atoms with Crippen molar-refractivity contribution in [2.75, 3.05) is 13.2 Å². The SMILES string of the molecule is CCOc1ccc(S(=O)(=O)N[C@@H]2CCCC[C@H]2C)cc1OCC. The molecule has 1 aromatic carbocycles. The van der Waals surface area contributed by atoms with Crippen LogP contribution < -0.4 is 14.2 Å². The fraction of sp³-hybridized carbons (Fsp3) is 0.647. The standard InChI is InChI=1S/C17H27NO4S/c1-4-21-16-11-10-14(12-17(16)22-5-2)23(19,20)18-15-9-7-6-8-13(15)3/h10-13,15,18H,4-9H2,1-3H3/t13-,15-/m1/s1. The van der Waals surface area contributed by atoms with E-state index in [0.717, 1.165) is 19.3 Å². The first kappa shape index (κ1) is 18.1. The van der Waals surface area contributed by atoms with E-state index in [0.29, 0.717) is 30.6 Å². The Morgan fingerprint density at radius 1 is 1.09 bits per heavy atom. The van der Waals surface area contributed by atoms with Crippen LogP contribution in [0.25, 0.3) is 0 Å². The molecule has 0 amide bonds. The first-order valence-corrected chi connectivity index (χ1v) is 9.88. The van der Waals surface area contributed by atoms with E-state index in [9.17, 15) is 8.42 Å². The van der Waals surface area contributed by atoms with Gasteiger partial charge in [-0.1, -0.05) is 19.8 Å². The first-order chi connectivity index (χ1) is 11.0. The highest BCUT2D eigenvalue weighted by Crippen LogP contribution is 2.31. The van der Waals surface area contributed by atoms with Gasteiger partial charge in [0.15, 0.2) is 11.5 Å². The highest BCUT2D eigenvalue weighted by Gasteiger charge is 2.27. The second-order valence-corrected chi connectivity index (χ2v) is 7.68. The zero-order valence-electron chi connectivity index (χ0n) is 14.2. The molecule has 130 valence electrons. The van der Waals surface area contributed by atoms with Crippen molar-refractivity contribution in [2.45, 2.75) is 57.4 Å². The molecule has 0 spiro atoms. The monoisotopic (exact) mass is 341 g/mol. The first-order valence-electron chi connectivity index (χ1n) is 8.40. The molecule has 1 saturated carbocycles. The average molecular weight is 341 g/mol. The number of nitrogens with one attached hydrogen (secondary N) is 1. The molecule has 5 nitrogen and oxygen atoms in total. The van der Waals surface area contributed by atoms with Gasteiger partial charge in [-0.25, -0.2) is 13.1 Å². The summed E-state index contributed by atoms with van der Waals surface area (Å²) in [5.74, 6) is 1.40. The fourth-order valence-electron chi connectivity index (χ4n) is 2.96. The number of ether oxygens (including phenoxy) is 2. The van der Waals surface area contributed by atoms with Crippen LogP contribution in [0.2, 0.25) is 0 Å². The van der Waals surface area contributed by atoms with Crippen LogP contribution in [0.4, 0.5) is 0 Å². The van der Waals surface area contributed by atoms with Gasteiger partial charge < -0.3 is 9.47 Å². The lowest BCUT2D eigenvalue weighted by molar-refractivity contribution is 0.287. The third kappa shape index (κ3) is 4.61. The van der Waals surface area contributed by atoms with Crippen molar-refractivity contribution in [2.24, 2.45) is 5.92 Å². The maximum absolute atomic E-state index is 12.7. The maximum atomic E-state index is 12.7. The van der Waals surface area contributed by atoms with Crippen LogP contribution in [-0.4, -0.2) is 27.7 Å². The minimum absolute atomic E-state index is 0.0101. The molecule has 1 fully saturated rings. The summed E-state index contributed by atoms with van der Waals surface area (Å²) in [6.07, 6.45) is 4.22. The second kappa shape index (κ2) is 8.02. The van der Waals surface area contributed by atoms with Crippen molar-refractivity contribution < 1.29 is 17.9 Å². The van der Waals surface area contributed by atoms with Gasteiger partial charge in [0.1, 0.15) is 0 Å². The van der Waals surface area contributed by atoms with Gasteiger partial charge in [-0.2, -0.15) is 0 Å². The summed E-state index contributed by atoms with van der Waals surface area (Å²) >= 11 is 0. The van der Waals surface area contributed by atoms with Gasteiger partial charge in [0, 0.05) is 12.1 Å². The molecule has 6 heteroatoms. The van der Waals surface area contributed by atoms with Gasteiger partial charge in [0.25, 0.3) is 0 Å². The van der Waals surface area contributed by atoms with Crippen LogP contribution in [0.5, 0.6) is 11.5 Å². The lowest BCUT2D eigenvalue weighted by Gasteiger charge is -2.29. The van der Waals surface area contributed by atoms with Crippen molar-refractivity contribution in [3.8, 4) is 11.5 Å². The molecule has 0 saturated heterocycles. The van der Waals surface area contributed by atoms with E-state index in [4.69, 9.17) is 9.47 Å². The third-order valence-corrected chi connectivity index (χ3v) is 5.73. The van der Waals surface area contributed by atoms with Gasteiger partial charge >= 0.3 is 0 Å². The van der Waals surface area contributed by atoms with Crippen molar-refractivity contribution >= 4 is 10.0 Å². The van der Waals surface area contributed by atoms with Crippen LogP contribution in [0.3, 0.4) is 0 Å². The third-order valence-electron chi connectivity index (χ3n) is 4.24. The minimum Gasteiger partial charge on any atom is -0.490 e. The highest BCUT2D eigenvalue weighted by molar-refractivity contribution is 7.89. The quantitative estimate of drug-likeness (QED) is 0.826. The van der Waals surface area contributed by atoms with Crippen LogP contribution in [0.1, 0.15) is 46.5 Å². The van der Waals surface area contributed by atoms with E-state index in [1.54, 1.807) is 18.2 Å². The Balaban J connectivity index is 2.22. The molecule has 1 aliphatic carbocycles. The van der Waals surface area contributed by atoms with Crippen LogP contribution in [0, 0.1) is 5.92 Å². The van der Waals surface area contributed by atoms with E-state index in [1.807, 2.05) is 13.8 Å². The molecule has 0 aromatic heterocycles. The molecule has 0 unspecified atom stereocenters. The minimum atomic E-state index is -3.55. The number of benzene rings is 1. The number of sulfonamides is 1. The molecule has 1 N–H and O–H groups in total. The molecular formula is C17H27NO4S. The Bertz CT molecular complexity index is 615. The molecule has 0 heterocycles. The Kier molecular flexibility index (Phi) is 6.30. The van der Waals surface area contributed by atoms with E-state index >= 15 is 0 Å². The Morgan fingerprint density at radius 3 is 2.39 bits per heavy atom. The molecule has 2 atom stereocenters. The topological polar surface area (TPSA) is 64.6 Å². The summed E-state index contributed by atoms with van der Waals surface area (Å²) in [5, 5.41) is 0. The molecule has 0 radical (unpaired) electrons. The van der Waals surface area contributed by atoms with Crippen molar-refractivity contribution in [3.63, 3.8) is 0 Å². The van der Waals surface area contributed by atoms with Gasteiger partial charge in [-0.3, -0.25) is 0 Å². The van der Waals surface area contributed by atoms with E-state index in [-0.39, 0.29) is 10.9 Å². The van der Waals surface area contributed by atoms with Crippen LogP contribution in [0.15, 0.2) is 23.1 Å². The zero-order valence-corrected chi connectivity index (χ0v) is 15.0. The summed E-state index contributed by atoms with van der Waals surface area (Å²) in [6.45, 7) is 6.81. The predicted octanol–water partition coefficient (Wildman–Crippen LogP) is 3.34. The highest BCUT2D eigenvalue weighted by atomic mass is 32.2. The number of hydrogen-bond acceptors (Lipinski definition) is 4. The summed E-state index contributed by atoms with van der Waals surface area (Å²) in [7, 11) is -3.55. The van der Waals surface area contributed by atoms with Crippen molar-refractivity contribution in [1.29, 1.82) is 0 Å². The number of hydrogen-bond donors (Lipinski definition) is 1. The van der Waals surface area contributed by atoms with Crippen molar-refractivity contribution in [1.82, 2.24) is 4.72 Å². The Labute approximate surface area is 139 Å². The number of rotatable bonds is 7.